The van der Waals surface area contributed by atoms with Gasteiger partial charge in [0.15, 0.2) is 0 Å². The predicted octanol–water partition coefficient (Wildman–Crippen LogP) is 3.18. The molecule has 0 spiro atoms. The second-order valence-corrected chi connectivity index (χ2v) is 8.62. The van der Waals surface area contributed by atoms with Crippen molar-refractivity contribution in [3.8, 4) is 0 Å². The Morgan fingerprint density at radius 3 is 2.43 bits per heavy atom. The van der Waals surface area contributed by atoms with Crippen LogP contribution in [0.2, 0.25) is 0 Å². The van der Waals surface area contributed by atoms with Gasteiger partial charge in [0.25, 0.3) is 15.0 Å². The molecule has 4 nitrogen and oxygen atoms in total. The highest BCUT2D eigenvalue weighted by molar-refractivity contribution is 8.13. The molecule has 116 valence electrons. The molecule has 0 heterocycles. The van der Waals surface area contributed by atoms with Gasteiger partial charge in [-0.05, 0) is 49.4 Å². The van der Waals surface area contributed by atoms with Crippen LogP contribution in [0.3, 0.4) is 0 Å². The summed E-state index contributed by atoms with van der Waals surface area (Å²) in [6.07, 6.45) is 2.04. The number of carbonyl (C=O) groups is 1. The fraction of sp³-hybridized carbons (Fsp3) is 0.533. The molecule has 1 aromatic carbocycles. The van der Waals surface area contributed by atoms with Gasteiger partial charge in [0.05, 0.1) is 4.90 Å². The van der Waals surface area contributed by atoms with E-state index in [4.69, 9.17) is 10.7 Å². The number of hydrogen-bond donors (Lipinski definition) is 0. The van der Waals surface area contributed by atoms with E-state index in [9.17, 15) is 13.2 Å². The number of rotatable bonds is 5. The maximum Gasteiger partial charge on any atom is 0.261 e. The van der Waals surface area contributed by atoms with Gasteiger partial charge in [-0.15, -0.1) is 0 Å². The van der Waals surface area contributed by atoms with Crippen molar-refractivity contribution >= 4 is 25.6 Å². The normalized spacial score (nSPS) is 15.3. The minimum Gasteiger partial charge on any atom is -0.335 e. The third-order valence-electron chi connectivity index (χ3n) is 3.39. The third kappa shape index (κ3) is 4.20. The highest BCUT2D eigenvalue weighted by Gasteiger charge is 2.33. The first-order valence-electron chi connectivity index (χ1n) is 7.06. The molecule has 21 heavy (non-hydrogen) atoms. The van der Waals surface area contributed by atoms with Crippen LogP contribution in [0.1, 0.15) is 42.6 Å². The maximum absolute atomic E-state index is 12.7. The average molecular weight is 330 g/mol. The average Bonchev–Trinajstić information content (AvgIpc) is 3.17. The van der Waals surface area contributed by atoms with Crippen LogP contribution in [-0.2, 0) is 9.05 Å². The zero-order chi connectivity index (χ0) is 15.8. The Morgan fingerprint density at radius 1 is 1.33 bits per heavy atom. The van der Waals surface area contributed by atoms with Gasteiger partial charge in [0, 0.05) is 28.8 Å². The van der Waals surface area contributed by atoms with Crippen molar-refractivity contribution in [2.75, 3.05) is 6.54 Å². The standard InChI is InChI=1S/C15H20ClNO3S/c1-10(2)9-17(13-4-5-13)15(18)12-6-11(3)7-14(8-12)21(16,19)20/h6-8,10,13H,4-5,9H2,1-3H3. The van der Waals surface area contributed by atoms with Crippen LogP contribution in [-0.4, -0.2) is 31.8 Å². The summed E-state index contributed by atoms with van der Waals surface area (Å²) in [6.45, 7) is 6.56. The fourth-order valence-electron chi connectivity index (χ4n) is 2.36. The van der Waals surface area contributed by atoms with E-state index in [0.29, 0.717) is 23.6 Å². The lowest BCUT2D eigenvalue weighted by molar-refractivity contribution is 0.0722. The number of carbonyl (C=O) groups excluding carboxylic acids is 1. The highest BCUT2D eigenvalue weighted by atomic mass is 35.7. The molecule has 0 aliphatic heterocycles. The molecule has 0 bridgehead atoms. The quantitative estimate of drug-likeness (QED) is 0.780. The van der Waals surface area contributed by atoms with Gasteiger partial charge in [-0.2, -0.15) is 0 Å². The number of hydrogen-bond acceptors (Lipinski definition) is 3. The van der Waals surface area contributed by atoms with Gasteiger partial charge in [0.1, 0.15) is 0 Å². The maximum atomic E-state index is 12.7. The van der Waals surface area contributed by atoms with Gasteiger partial charge < -0.3 is 4.90 Å². The Morgan fingerprint density at radius 2 is 1.95 bits per heavy atom. The first-order chi connectivity index (χ1) is 9.68. The minimum atomic E-state index is -3.83. The summed E-state index contributed by atoms with van der Waals surface area (Å²) in [5, 5.41) is 0. The van der Waals surface area contributed by atoms with E-state index in [0.717, 1.165) is 12.8 Å². The van der Waals surface area contributed by atoms with E-state index >= 15 is 0 Å². The van der Waals surface area contributed by atoms with Crippen LogP contribution >= 0.6 is 10.7 Å². The van der Waals surface area contributed by atoms with Gasteiger partial charge in [-0.3, -0.25) is 4.79 Å². The number of aryl methyl sites for hydroxylation is 1. The lowest BCUT2D eigenvalue weighted by atomic mass is 10.1. The van der Waals surface area contributed by atoms with Gasteiger partial charge in [-0.25, -0.2) is 8.42 Å². The van der Waals surface area contributed by atoms with E-state index in [-0.39, 0.29) is 16.8 Å². The summed E-state index contributed by atoms with van der Waals surface area (Å²) < 4.78 is 23.0. The van der Waals surface area contributed by atoms with Crippen molar-refractivity contribution in [1.82, 2.24) is 4.90 Å². The molecule has 0 atom stereocenters. The first-order valence-corrected chi connectivity index (χ1v) is 9.36. The molecule has 6 heteroatoms. The molecule has 1 aliphatic carbocycles. The van der Waals surface area contributed by atoms with E-state index in [1.807, 2.05) is 4.90 Å². The molecule has 0 saturated heterocycles. The summed E-state index contributed by atoms with van der Waals surface area (Å²) in [4.78, 5) is 14.5. The molecule has 1 saturated carbocycles. The Bertz CT molecular complexity index is 651. The van der Waals surface area contributed by atoms with Crippen molar-refractivity contribution in [3.05, 3.63) is 29.3 Å². The van der Waals surface area contributed by atoms with Crippen molar-refractivity contribution in [1.29, 1.82) is 0 Å². The monoisotopic (exact) mass is 329 g/mol. The van der Waals surface area contributed by atoms with E-state index in [1.54, 1.807) is 13.0 Å². The van der Waals surface area contributed by atoms with Crippen LogP contribution in [0.5, 0.6) is 0 Å². The minimum absolute atomic E-state index is 0.0205. The second kappa shape index (κ2) is 5.97. The van der Waals surface area contributed by atoms with Gasteiger partial charge in [0.2, 0.25) is 0 Å². The van der Waals surface area contributed by atoms with Gasteiger partial charge >= 0.3 is 0 Å². The number of halogens is 1. The topological polar surface area (TPSA) is 54.5 Å². The largest absolute Gasteiger partial charge is 0.335 e. The van der Waals surface area contributed by atoms with E-state index in [1.165, 1.54) is 12.1 Å². The molecular formula is C15H20ClNO3S. The smallest absolute Gasteiger partial charge is 0.261 e. The van der Waals surface area contributed by atoms with Gasteiger partial charge in [-0.1, -0.05) is 13.8 Å². The molecule has 0 unspecified atom stereocenters. The predicted molar refractivity (Wildman–Crippen MR) is 83.1 cm³/mol. The van der Waals surface area contributed by atoms with Crippen LogP contribution in [0.15, 0.2) is 23.1 Å². The fourth-order valence-corrected chi connectivity index (χ4v) is 3.22. The molecule has 1 aliphatic rings. The van der Waals surface area contributed by atoms with Crippen LogP contribution < -0.4 is 0 Å². The van der Waals surface area contributed by atoms with E-state index in [2.05, 4.69) is 13.8 Å². The van der Waals surface area contributed by atoms with Crippen LogP contribution in [0, 0.1) is 12.8 Å². The Labute approximate surface area is 130 Å². The Balaban J connectivity index is 2.35. The molecular weight excluding hydrogens is 310 g/mol. The van der Waals surface area contributed by atoms with Crippen LogP contribution in [0.4, 0.5) is 0 Å². The number of nitrogens with zero attached hydrogens (tertiary/aromatic N) is 1. The third-order valence-corrected chi connectivity index (χ3v) is 4.72. The number of amides is 1. The van der Waals surface area contributed by atoms with Crippen molar-refractivity contribution in [2.45, 2.75) is 44.6 Å². The molecule has 1 aromatic rings. The lowest BCUT2D eigenvalue weighted by Gasteiger charge is -2.24. The van der Waals surface area contributed by atoms with Crippen molar-refractivity contribution in [2.24, 2.45) is 5.92 Å². The molecule has 1 amide bonds. The van der Waals surface area contributed by atoms with Crippen LogP contribution in [0.25, 0.3) is 0 Å². The molecule has 1 fully saturated rings. The summed E-state index contributed by atoms with van der Waals surface area (Å²) in [5.74, 6) is 0.257. The highest BCUT2D eigenvalue weighted by Crippen LogP contribution is 2.30. The summed E-state index contributed by atoms with van der Waals surface area (Å²) in [6, 6.07) is 4.84. The first kappa shape index (κ1) is 16.3. The second-order valence-electron chi connectivity index (χ2n) is 6.06. The summed E-state index contributed by atoms with van der Waals surface area (Å²) in [5.41, 5.74) is 1.10. The van der Waals surface area contributed by atoms with Crippen molar-refractivity contribution < 1.29 is 13.2 Å². The summed E-state index contributed by atoms with van der Waals surface area (Å²) >= 11 is 0. The zero-order valence-electron chi connectivity index (χ0n) is 12.5. The van der Waals surface area contributed by atoms with E-state index < -0.39 is 9.05 Å². The molecule has 0 radical (unpaired) electrons. The summed E-state index contributed by atoms with van der Waals surface area (Å²) in [7, 11) is 1.56. The Hall–Kier alpha value is -1.07. The molecule has 2 rings (SSSR count). The molecule has 0 aromatic heterocycles. The Kier molecular flexibility index (Phi) is 4.63. The van der Waals surface area contributed by atoms with Crippen molar-refractivity contribution in [3.63, 3.8) is 0 Å². The molecule has 0 N–H and O–H groups in total. The lowest BCUT2D eigenvalue weighted by Crippen LogP contribution is -2.36. The number of benzene rings is 1. The SMILES string of the molecule is Cc1cc(C(=O)N(CC(C)C)C2CC2)cc(S(=O)(=O)Cl)c1. The zero-order valence-corrected chi connectivity index (χ0v) is 14.0.